The largest absolute Gasteiger partial charge is 0.497 e. The van der Waals surface area contributed by atoms with E-state index in [1.807, 2.05) is 35.2 Å². The second-order valence-electron chi connectivity index (χ2n) is 8.65. The van der Waals surface area contributed by atoms with Crippen molar-refractivity contribution in [3.05, 3.63) is 65.7 Å². The zero-order valence-corrected chi connectivity index (χ0v) is 19.0. The van der Waals surface area contributed by atoms with Gasteiger partial charge in [-0.05, 0) is 48.6 Å². The molecule has 1 fully saturated rings. The van der Waals surface area contributed by atoms with Crippen LogP contribution in [0, 0.1) is 11.8 Å². The monoisotopic (exact) mass is 424 g/mol. The summed E-state index contributed by atoms with van der Waals surface area (Å²) in [5, 5.41) is 10.2. The van der Waals surface area contributed by atoms with Gasteiger partial charge in [-0.25, -0.2) is 0 Å². The lowest BCUT2D eigenvalue weighted by molar-refractivity contribution is -0.132. The Kier molecular flexibility index (Phi) is 8.50. The molecule has 1 saturated heterocycles. The first-order chi connectivity index (χ1) is 15.0. The molecule has 31 heavy (non-hydrogen) atoms. The summed E-state index contributed by atoms with van der Waals surface area (Å²) in [6.45, 7) is 4.79. The standard InChI is InChI=1S/C26H36N2O3/c1-4-22-17-28(26(30)16-21-10-12-23(31-3)13-11-21)25(19-29)24(22)18-27(2)15-14-20-8-6-5-7-9-20/h5-13,22,24-25,29H,4,14-19H2,1-3H3/t22-,24-,25-/m1/s1. The number of hydrogen-bond donors (Lipinski definition) is 1. The van der Waals surface area contributed by atoms with Crippen molar-refractivity contribution < 1.29 is 14.6 Å². The summed E-state index contributed by atoms with van der Waals surface area (Å²) < 4.78 is 5.20. The highest BCUT2D eigenvalue weighted by Crippen LogP contribution is 2.33. The molecule has 2 aromatic rings. The van der Waals surface area contributed by atoms with Gasteiger partial charge in [0.25, 0.3) is 0 Å². The third-order valence-corrected chi connectivity index (χ3v) is 6.62. The fraction of sp³-hybridized carbons (Fsp3) is 0.500. The molecule has 3 atom stereocenters. The topological polar surface area (TPSA) is 53.0 Å². The number of benzene rings is 2. The number of nitrogens with zero attached hydrogens (tertiary/aromatic N) is 2. The van der Waals surface area contributed by atoms with Crippen molar-refractivity contribution in [1.29, 1.82) is 0 Å². The van der Waals surface area contributed by atoms with Gasteiger partial charge in [-0.15, -0.1) is 0 Å². The maximum Gasteiger partial charge on any atom is 0.227 e. The molecule has 0 spiro atoms. The van der Waals surface area contributed by atoms with Crippen LogP contribution in [0.5, 0.6) is 5.75 Å². The van der Waals surface area contributed by atoms with Crippen molar-refractivity contribution in [2.45, 2.75) is 32.2 Å². The fourth-order valence-electron chi connectivity index (χ4n) is 4.73. The van der Waals surface area contributed by atoms with Crippen LogP contribution in [0.4, 0.5) is 0 Å². The second kappa shape index (κ2) is 11.3. The number of rotatable bonds is 10. The molecule has 1 N–H and O–H groups in total. The quantitative estimate of drug-likeness (QED) is 0.636. The first-order valence-corrected chi connectivity index (χ1v) is 11.3. The maximum absolute atomic E-state index is 13.1. The summed E-state index contributed by atoms with van der Waals surface area (Å²) in [7, 11) is 3.78. The molecule has 168 valence electrons. The van der Waals surface area contributed by atoms with Crippen molar-refractivity contribution in [3.63, 3.8) is 0 Å². The van der Waals surface area contributed by atoms with Gasteiger partial charge in [0.2, 0.25) is 5.91 Å². The molecule has 1 heterocycles. The first-order valence-electron chi connectivity index (χ1n) is 11.3. The van der Waals surface area contributed by atoms with E-state index in [2.05, 4.69) is 43.1 Å². The van der Waals surface area contributed by atoms with Crippen LogP contribution in [0.25, 0.3) is 0 Å². The molecule has 1 aliphatic rings. The van der Waals surface area contributed by atoms with E-state index in [1.54, 1.807) is 7.11 Å². The van der Waals surface area contributed by atoms with Gasteiger partial charge in [-0.2, -0.15) is 0 Å². The Bertz CT molecular complexity index is 809. The Balaban J connectivity index is 1.61. The molecule has 1 amide bonds. The third kappa shape index (κ3) is 6.08. The van der Waals surface area contributed by atoms with Gasteiger partial charge in [0.1, 0.15) is 5.75 Å². The van der Waals surface area contributed by atoms with Gasteiger partial charge in [0, 0.05) is 19.6 Å². The van der Waals surface area contributed by atoms with Crippen LogP contribution >= 0.6 is 0 Å². The lowest BCUT2D eigenvalue weighted by Crippen LogP contribution is -2.43. The summed E-state index contributed by atoms with van der Waals surface area (Å²) in [5.74, 6) is 1.58. The molecule has 0 aromatic heterocycles. The molecule has 0 aliphatic carbocycles. The molecule has 0 saturated carbocycles. The number of amides is 1. The Hall–Kier alpha value is -2.37. The number of ether oxygens (including phenoxy) is 1. The highest BCUT2D eigenvalue weighted by atomic mass is 16.5. The Morgan fingerprint density at radius 2 is 1.84 bits per heavy atom. The normalized spacial score (nSPS) is 20.9. The molecular weight excluding hydrogens is 388 g/mol. The summed E-state index contributed by atoms with van der Waals surface area (Å²) in [5.41, 5.74) is 2.31. The number of carbonyl (C=O) groups excluding carboxylic acids is 1. The van der Waals surface area contributed by atoms with E-state index < -0.39 is 0 Å². The number of carbonyl (C=O) groups is 1. The maximum atomic E-state index is 13.1. The van der Waals surface area contributed by atoms with Crippen molar-refractivity contribution in [3.8, 4) is 5.75 Å². The first kappa shape index (κ1) is 23.3. The smallest absolute Gasteiger partial charge is 0.227 e. The summed E-state index contributed by atoms with van der Waals surface area (Å²) in [6.07, 6.45) is 2.37. The summed E-state index contributed by atoms with van der Waals surface area (Å²) in [6, 6.07) is 18.0. The van der Waals surface area contributed by atoms with Gasteiger partial charge in [-0.3, -0.25) is 4.79 Å². The van der Waals surface area contributed by atoms with E-state index >= 15 is 0 Å². The van der Waals surface area contributed by atoms with E-state index in [0.29, 0.717) is 12.3 Å². The molecular formula is C26H36N2O3. The predicted octanol–water partition coefficient (Wildman–Crippen LogP) is 3.26. The summed E-state index contributed by atoms with van der Waals surface area (Å²) >= 11 is 0. The SMILES string of the molecule is CC[C@@H]1CN(C(=O)Cc2ccc(OC)cc2)[C@H](CO)[C@@H]1CN(C)CCc1ccccc1. The minimum Gasteiger partial charge on any atom is -0.497 e. The van der Waals surface area contributed by atoms with Crippen LogP contribution in [-0.4, -0.2) is 67.3 Å². The zero-order valence-electron chi connectivity index (χ0n) is 19.0. The number of likely N-dealkylation sites (N-methyl/N-ethyl adjacent to an activating group) is 1. The van der Waals surface area contributed by atoms with Crippen molar-refractivity contribution >= 4 is 5.91 Å². The Labute approximate surface area is 186 Å². The number of hydrogen-bond acceptors (Lipinski definition) is 4. The minimum absolute atomic E-state index is 0.0159. The highest BCUT2D eigenvalue weighted by Gasteiger charge is 2.42. The van der Waals surface area contributed by atoms with Crippen molar-refractivity contribution in [1.82, 2.24) is 9.80 Å². The van der Waals surface area contributed by atoms with E-state index in [9.17, 15) is 9.90 Å². The average molecular weight is 425 g/mol. The lowest BCUT2D eigenvalue weighted by Gasteiger charge is -2.30. The van der Waals surface area contributed by atoms with Gasteiger partial charge in [0.15, 0.2) is 0 Å². The van der Waals surface area contributed by atoms with Gasteiger partial charge in [-0.1, -0.05) is 55.8 Å². The van der Waals surface area contributed by atoms with Gasteiger partial charge in [0.05, 0.1) is 26.2 Å². The molecule has 2 aromatic carbocycles. The van der Waals surface area contributed by atoms with Gasteiger partial charge >= 0.3 is 0 Å². The van der Waals surface area contributed by atoms with Gasteiger partial charge < -0.3 is 19.6 Å². The van der Waals surface area contributed by atoms with E-state index in [-0.39, 0.29) is 24.5 Å². The molecule has 0 radical (unpaired) electrons. The number of aliphatic hydroxyl groups is 1. The zero-order chi connectivity index (χ0) is 22.2. The molecule has 1 aliphatic heterocycles. The van der Waals surface area contributed by atoms with Crippen LogP contribution in [0.3, 0.4) is 0 Å². The number of aliphatic hydroxyl groups excluding tert-OH is 1. The molecule has 0 unspecified atom stereocenters. The molecule has 5 heteroatoms. The summed E-state index contributed by atoms with van der Waals surface area (Å²) in [4.78, 5) is 17.4. The number of likely N-dealkylation sites (tertiary alicyclic amines) is 1. The van der Waals surface area contributed by atoms with Crippen molar-refractivity contribution in [2.24, 2.45) is 11.8 Å². The predicted molar refractivity (Wildman–Crippen MR) is 124 cm³/mol. The second-order valence-corrected chi connectivity index (χ2v) is 8.65. The van der Waals surface area contributed by atoms with E-state index in [1.165, 1.54) is 5.56 Å². The Morgan fingerprint density at radius 3 is 2.45 bits per heavy atom. The number of methoxy groups -OCH3 is 1. The Morgan fingerprint density at radius 1 is 1.13 bits per heavy atom. The lowest BCUT2D eigenvalue weighted by atomic mass is 9.88. The van der Waals surface area contributed by atoms with Crippen LogP contribution in [0.1, 0.15) is 24.5 Å². The van der Waals surface area contributed by atoms with Crippen molar-refractivity contribution in [2.75, 3.05) is 40.4 Å². The van der Waals surface area contributed by atoms with Crippen LogP contribution in [0.15, 0.2) is 54.6 Å². The minimum atomic E-state index is -0.116. The third-order valence-electron chi connectivity index (χ3n) is 6.62. The van der Waals surface area contributed by atoms with E-state index in [4.69, 9.17) is 4.74 Å². The highest BCUT2D eigenvalue weighted by molar-refractivity contribution is 5.79. The van der Waals surface area contributed by atoms with Crippen LogP contribution < -0.4 is 4.74 Å². The van der Waals surface area contributed by atoms with Crippen LogP contribution in [0.2, 0.25) is 0 Å². The van der Waals surface area contributed by atoms with E-state index in [0.717, 1.165) is 43.8 Å². The molecule has 0 bridgehead atoms. The van der Waals surface area contributed by atoms with Crippen LogP contribution in [-0.2, 0) is 17.6 Å². The molecule has 5 nitrogen and oxygen atoms in total. The average Bonchev–Trinajstić information content (AvgIpc) is 3.16. The fourth-order valence-corrected chi connectivity index (χ4v) is 4.73. The molecule has 3 rings (SSSR count).